The summed E-state index contributed by atoms with van der Waals surface area (Å²) in [5, 5.41) is 3.50. The molecule has 0 atom stereocenters. The zero-order chi connectivity index (χ0) is 23.3. The van der Waals surface area contributed by atoms with Gasteiger partial charge in [0.2, 0.25) is 0 Å². The molecule has 0 fully saturated rings. The van der Waals surface area contributed by atoms with E-state index in [-0.39, 0.29) is 17.4 Å². The molecule has 0 bridgehead atoms. The second-order valence-electron chi connectivity index (χ2n) is 9.86. The molecule has 32 heavy (non-hydrogen) atoms. The maximum absolute atomic E-state index is 5.66. The molecule has 0 aromatic heterocycles. The van der Waals surface area contributed by atoms with E-state index in [0.717, 1.165) is 19.5 Å². The second-order valence-corrected chi connectivity index (χ2v) is 13.5. The zero-order valence-electron chi connectivity index (χ0n) is 22.6. The van der Waals surface area contributed by atoms with Crippen LogP contribution < -0.4 is 5.32 Å². The molecule has 0 rings (SSSR count). The highest BCUT2D eigenvalue weighted by atomic mass is 35.5. The highest BCUT2D eigenvalue weighted by molar-refractivity contribution is 6.64. The second kappa shape index (κ2) is 23.1. The minimum absolute atomic E-state index is 0. The van der Waals surface area contributed by atoms with E-state index in [1.165, 1.54) is 103 Å². The number of nitrogens with one attached hydrogen (secondary N) is 1. The van der Waals surface area contributed by atoms with Gasteiger partial charge in [-0.3, -0.25) is 0 Å². The SMILES string of the molecule is CCCCCCCCCCCCCCCCCCNCCC(C)(C)[Si](OC)(OC)OC.Cl. The lowest BCUT2D eigenvalue weighted by Crippen LogP contribution is -2.53. The van der Waals surface area contributed by atoms with E-state index in [1.54, 1.807) is 21.3 Å². The van der Waals surface area contributed by atoms with E-state index in [9.17, 15) is 0 Å². The van der Waals surface area contributed by atoms with Gasteiger partial charge in [0.1, 0.15) is 0 Å². The van der Waals surface area contributed by atoms with E-state index in [1.807, 2.05) is 0 Å². The Labute approximate surface area is 209 Å². The van der Waals surface area contributed by atoms with Gasteiger partial charge in [0, 0.05) is 26.4 Å². The third-order valence-electron chi connectivity index (χ3n) is 6.77. The van der Waals surface area contributed by atoms with Crippen molar-refractivity contribution in [2.24, 2.45) is 0 Å². The number of unbranched alkanes of at least 4 members (excludes halogenated alkanes) is 15. The lowest BCUT2D eigenvalue weighted by Gasteiger charge is -2.38. The van der Waals surface area contributed by atoms with Crippen LogP contribution in [0.1, 0.15) is 130 Å². The van der Waals surface area contributed by atoms with Gasteiger partial charge in [-0.1, -0.05) is 117 Å². The van der Waals surface area contributed by atoms with Crippen LogP contribution >= 0.6 is 12.4 Å². The minimum Gasteiger partial charge on any atom is -0.377 e. The van der Waals surface area contributed by atoms with Crippen LogP contribution in [0, 0.1) is 0 Å². The first kappa shape index (κ1) is 34.5. The van der Waals surface area contributed by atoms with Gasteiger partial charge in [-0.15, -0.1) is 12.4 Å². The molecule has 196 valence electrons. The van der Waals surface area contributed by atoms with Gasteiger partial charge in [-0.2, -0.15) is 0 Å². The van der Waals surface area contributed by atoms with Crippen molar-refractivity contribution in [3.05, 3.63) is 0 Å². The van der Waals surface area contributed by atoms with Crippen LogP contribution in [0.5, 0.6) is 0 Å². The molecule has 4 nitrogen and oxygen atoms in total. The van der Waals surface area contributed by atoms with Gasteiger partial charge in [0.25, 0.3) is 0 Å². The van der Waals surface area contributed by atoms with E-state index in [4.69, 9.17) is 13.3 Å². The topological polar surface area (TPSA) is 39.7 Å². The molecule has 0 unspecified atom stereocenters. The quantitative estimate of drug-likeness (QED) is 0.108. The van der Waals surface area contributed by atoms with Crippen molar-refractivity contribution in [2.45, 2.75) is 135 Å². The van der Waals surface area contributed by atoms with Crippen molar-refractivity contribution in [3.8, 4) is 0 Å². The predicted octanol–water partition coefficient (Wildman–Crippen LogP) is 8.31. The Morgan fingerprint density at radius 2 is 0.906 bits per heavy atom. The minimum atomic E-state index is -2.60. The molecule has 0 saturated carbocycles. The lowest BCUT2D eigenvalue weighted by molar-refractivity contribution is 0.0932. The molecule has 0 aliphatic heterocycles. The first-order valence-electron chi connectivity index (χ1n) is 13.4. The maximum atomic E-state index is 5.66. The monoisotopic (exact) mass is 495 g/mol. The summed E-state index contributed by atoms with van der Waals surface area (Å²) in [6.07, 6.45) is 23.7. The molecular weight excluding hydrogens is 438 g/mol. The van der Waals surface area contributed by atoms with Crippen LogP contribution in [0.4, 0.5) is 0 Å². The van der Waals surface area contributed by atoms with E-state index >= 15 is 0 Å². The number of halogens is 1. The van der Waals surface area contributed by atoms with Gasteiger partial charge < -0.3 is 18.6 Å². The molecule has 0 saturated heterocycles. The maximum Gasteiger partial charge on any atom is 0.506 e. The smallest absolute Gasteiger partial charge is 0.377 e. The Kier molecular flexibility index (Phi) is 24.9. The average molecular weight is 496 g/mol. The van der Waals surface area contributed by atoms with Gasteiger partial charge >= 0.3 is 8.80 Å². The van der Waals surface area contributed by atoms with Crippen LogP contribution in [-0.2, 0) is 13.3 Å². The molecule has 6 heteroatoms. The fourth-order valence-electron chi connectivity index (χ4n) is 4.56. The summed E-state index contributed by atoms with van der Waals surface area (Å²) in [6, 6.07) is 0. The average Bonchev–Trinajstić information content (AvgIpc) is 2.76. The van der Waals surface area contributed by atoms with Gasteiger partial charge in [0.15, 0.2) is 0 Å². The van der Waals surface area contributed by atoms with E-state index < -0.39 is 8.80 Å². The van der Waals surface area contributed by atoms with Crippen molar-refractivity contribution in [2.75, 3.05) is 34.4 Å². The molecule has 0 aromatic carbocycles. The van der Waals surface area contributed by atoms with Gasteiger partial charge in [-0.25, -0.2) is 0 Å². The van der Waals surface area contributed by atoms with Gasteiger partial charge in [0.05, 0.1) is 0 Å². The third-order valence-corrected chi connectivity index (χ3v) is 10.3. The number of rotatable bonds is 24. The number of hydrogen-bond donors (Lipinski definition) is 1. The molecule has 0 aromatic rings. The lowest BCUT2D eigenvalue weighted by atomic mass is 10.0. The van der Waals surface area contributed by atoms with Crippen LogP contribution in [0.25, 0.3) is 0 Å². The largest absolute Gasteiger partial charge is 0.506 e. The molecule has 0 heterocycles. The summed E-state index contributed by atoms with van der Waals surface area (Å²) >= 11 is 0. The van der Waals surface area contributed by atoms with Crippen LogP contribution in [0.3, 0.4) is 0 Å². The standard InChI is InChI=1S/C26H57NO3Si.ClH/c1-7-8-9-10-11-12-13-14-15-16-17-18-19-20-21-22-24-27-25-23-26(2,3)31(28-4,29-5)30-6;/h27H,7-25H2,1-6H3;1H. The number of hydrogen-bond acceptors (Lipinski definition) is 4. The molecule has 0 radical (unpaired) electrons. The Bertz CT molecular complexity index is 374. The summed E-state index contributed by atoms with van der Waals surface area (Å²) in [6.45, 7) is 8.76. The predicted molar refractivity (Wildman–Crippen MR) is 145 cm³/mol. The summed E-state index contributed by atoms with van der Waals surface area (Å²) in [4.78, 5) is 0. The van der Waals surface area contributed by atoms with Crippen molar-refractivity contribution in [1.29, 1.82) is 0 Å². The summed E-state index contributed by atoms with van der Waals surface area (Å²) in [5.74, 6) is 0. The van der Waals surface area contributed by atoms with Crippen molar-refractivity contribution < 1.29 is 13.3 Å². The third kappa shape index (κ3) is 16.1. The first-order valence-corrected chi connectivity index (χ1v) is 15.1. The van der Waals surface area contributed by atoms with Crippen molar-refractivity contribution >= 4 is 21.2 Å². The Morgan fingerprint density at radius 3 is 1.25 bits per heavy atom. The van der Waals surface area contributed by atoms with Crippen LogP contribution in [0.15, 0.2) is 0 Å². The van der Waals surface area contributed by atoms with Crippen LogP contribution in [0.2, 0.25) is 5.04 Å². The Hall–Kier alpha value is 0.347. The normalized spacial score (nSPS) is 12.2. The zero-order valence-corrected chi connectivity index (χ0v) is 24.4. The molecule has 0 spiro atoms. The molecule has 0 aliphatic rings. The molecule has 0 amide bonds. The van der Waals surface area contributed by atoms with Crippen molar-refractivity contribution in [1.82, 2.24) is 5.32 Å². The summed E-state index contributed by atoms with van der Waals surface area (Å²) in [7, 11) is 2.50. The first-order chi connectivity index (χ1) is 15.0. The Morgan fingerprint density at radius 1 is 0.562 bits per heavy atom. The molecule has 1 N–H and O–H groups in total. The van der Waals surface area contributed by atoms with Gasteiger partial charge in [-0.05, 0) is 25.9 Å². The highest BCUT2D eigenvalue weighted by Crippen LogP contribution is 2.41. The Balaban J connectivity index is 0. The van der Waals surface area contributed by atoms with Crippen molar-refractivity contribution in [3.63, 3.8) is 0 Å². The molecular formula is C26H58ClNO3Si. The summed E-state index contributed by atoms with van der Waals surface area (Å²) in [5.41, 5.74) is 0. The highest BCUT2D eigenvalue weighted by Gasteiger charge is 2.53. The summed E-state index contributed by atoms with van der Waals surface area (Å²) < 4.78 is 17.0. The van der Waals surface area contributed by atoms with E-state index in [2.05, 4.69) is 26.1 Å². The van der Waals surface area contributed by atoms with Crippen LogP contribution in [-0.4, -0.2) is 43.2 Å². The molecule has 0 aliphatic carbocycles. The van der Waals surface area contributed by atoms with E-state index in [0.29, 0.717) is 0 Å². The fourth-order valence-corrected chi connectivity index (χ4v) is 7.14. The fraction of sp³-hybridized carbons (Fsp3) is 1.00.